The largest absolute Gasteiger partial charge is 0.497 e. The highest BCUT2D eigenvalue weighted by molar-refractivity contribution is 5.99. The number of anilines is 2. The van der Waals surface area contributed by atoms with E-state index in [1.54, 1.807) is 20.4 Å². The summed E-state index contributed by atoms with van der Waals surface area (Å²) in [6.07, 6.45) is 1.70. The summed E-state index contributed by atoms with van der Waals surface area (Å²) in [5.74, 6) is 1.06. The molecule has 2 aromatic carbocycles. The summed E-state index contributed by atoms with van der Waals surface area (Å²) < 4.78 is 5.34. The summed E-state index contributed by atoms with van der Waals surface area (Å²) in [7, 11) is 3.38. The summed E-state index contributed by atoms with van der Waals surface area (Å²) in [6.45, 7) is 0.215. The number of aromatic nitrogens is 2. The van der Waals surface area contributed by atoms with Gasteiger partial charge in [-0.05, 0) is 35.7 Å². The Hall–Kier alpha value is -3.39. The van der Waals surface area contributed by atoms with Crippen molar-refractivity contribution in [2.75, 3.05) is 44.5 Å². The molecule has 3 rings (SSSR count). The van der Waals surface area contributed by atoms with Crippen LogP contribution in [0.1, 0.15) is 0 Å². The van der Waals surface area contributed by atoms with Gasteiger partial charge in [-0.15, -0.1) is 0 Å². The molecule has 0 radical (unpaired) electrons. The van der Waals surface area contributed by atoms with Crippen LogP contribution >= 0.6 is 0 Å². The minimum absolute atomic E-state index is 0.0846. The van der Waals surface area contributed by atoms with Crippen LogP contribution in [0.2, 0.25) is 0 Å². The Balaban J connectivity index is 2.00. The topological polar surface area (TPSA) is 108 Å². The minimum atomic E-state index is -0.199. The number of carbonyl (C=O) groups is 1. The van der Waals surface area contributed by atoms with Gasteiger partial charge in [0, 0.05) is 36.4 Å². The average molecular weight is 381 g/mol. The smallest absolute Gasteiger partial charge is 0.239 e. The first-order valence-corrected chi connectivity index (χ1v) is 8.89. The molecule has 0 atom stereocenters. The highest BCUT2D eigenvalue weighted by Crippen LogP contribution is 2.32. The van der Waals surface area contributed by atoms with E-state index in [0.29, 0.717) is 5.95 Å². The van der Waals surface area contributed by atoms with Gasteiger partial charge in [0.05, 0.1) is 26.0 Å². The Kier molecular flexibility index (Phi) is 6.23. The summed E-state index contributed by atoms with van der Waals surface area (Å²) in [5.41, 5.74) is 2.45. The fourth-order valence-corrected chi connectivity index (χ4v) is 2.83. The van der Waals surface area contributed by atoms with Crippen molar-refractivity contribution in [3.63, 3.8) is 0 Å². The van der Waals surface area contributed by atoms with E-state index in [2.05, 4.69) is 25.9 Å². The fourth-order valence-electron chi connectivity index (χ4n) is 2.83. The van der Waals surface area contributed by atoms with E-state index in [4.69, 9.17) is 9.84 Å². The number of methoxy groups -OCH3 is 1. The molecule has 4 N–H and O–H groups in total. The zero-order valence-corrected chi connectivity index (χ0v) is 15.8. The molecule has 1 amide bonds. The van der Waals surface area contributed by atoms with Crippen molar-refractivity contribution in [2.24, 2.45) is 0 Å². The van der Waals surface area contributed by atoms with E-state index in [9.17, 15) is 4.79 Å². The highest BCUT2D eigenvalue weighted by Gasteiger charge is 2.10. The normalized spacial score (nSPS) is 10.5. The molecule has 0 bridgehead atoms. The van der Waals surface area contributed by atoms with Gasteiger partial charge in [0.1, 0.15) is 5.75 Å². The second kappa shape index (κ2) is 9.01. The van der Waals surface area contributed by atoms with E-state index in [1.807, 2.05) is 36.4 Å². The first-order valence-electron chi connectivity index (χ1n) is 8.89. The summed E-state index contributed by atoms with van der Waals surface area (Å²) in [5, 5.41) is 19.5. The first-order chi connectivity index (χ1) is 13.6. The lowest BCUT2D eigenvalue weighted by Crippen LogP contribution is -2.31. The molecular formula is C20H23N5O3. The lowest BCUT2D eigenvalue weighted by molar-refractivity contribution is -0.119. The molecule has 0 spiro atoms. The maximum atomic E-state index is 11.9. The van der Waals surface area contributed by atoms with Crippen molar-refractivity contribution >= 4 is 28.3 Å². The van der Waals surface area contributed by atoms with Gasteiger partial charge in [0.25, 0.3) is 0 Å². The number of hydrogen-bond acceptors (Lipinski definition) is 7. The molecule has 0 fully saturated rings. The van der Waals surface area contributed by atoms with Crippen LogP contribution in [0.15, 0.2) is 42.6 Å². The zero-order valence-electron chi connectivity index (χ0n) is 15.8. The van der Waals surface area contributed by atoms with Crippen molar-refractivity contribution in [3.8, 4) is 17.0 Å². The number of aliphatic hydroxyl groups excluding tert-OH is 1. The van der Waals surface area contributed by atoms with Crippen LogP contribution < -0.4 is 20.7 Å². The number of fused-ring (bicyclic) bond motifs is 1. The van der Waals surface area contributed by atoms with Gasteiger partial charge >= 0.3 is 0 Å². The molecule has 1 aromatic heterocycles. The van der Waals surface area contributed by atoms with Gasteiger partial charge in [-0.25, -0.2) is 9.97 Å². The predicted molar refractivity (Wildman–Crippen MR) is 110 cm³/mol. The number of nitrogens with zero attached hydrogens (tertiary/aromatic N) is 2. The van der Waals surface area contributed by atoms with Gasteiger partial charge in [-0.3, -0.25) is 4.79 Å². The van der Waals surface area contributed by atoms with Crippen LogP contribution in [0.5, 0.6) is 5.75 Å². The molecule has 0 aliphatic carbocycles. The van der Waals surface area contributed by atoms with Crippen LogP contribution in [0.3, 0.4) is 0 Å². The predicted octanol–water partition coefficient (Wildman–Crippen LogP) is 1.87. The minimum Gasteiger partial charge on any atom is -0.497 e. The number of aliphatic hydroxyl groups is 1. The van der Waals surface area contributed by atoms with E-state index < -0.39 is 0 Å². The molecular weight excluding hydrogens is 358 g/mol. The van der Waals surface area contributed by atoms with E-state index in [-0.39, 0.29) is 25.6 Å². The second-order valence-corrected chi connectivity index (χ2v) is 6.05. The summed E-state index contributed by atoms with van der Waals surface area (Å²) in [6, 6.07) is 11.6. The number of amides is 1. The van der Waals surface area contributed by atoms with E-state index in [1.165, 1.54) is 0 Å². The Morgan fingerprint density at radius 2 is 2.07 bits per heavy atom. The van der Waals surface area contributed by atoms with Crippen molar-refractivity contribution in [1.29, 1.82) is 0 Å². The molecule has 0 aliphatic heterocycles. The van der Waals surface area contributed by atoms with Gasteiger partial charge in [0.2, 0.25) is 11.9 Å². The molecule has 3 aromatic rings. The maximum Gasteiger partial charge on any atom is 0.239 e. The molecule has 8 heteroatoms. The van der Waals surface area contributed by atoms with Gasteiger partial charge in [-0.2, -0.15) is 0 Å². The van der Waals surface area contributed by atoms with E-state index >= 15 is 0 Å². The molecule has 0 saturated carbocycles. The molecule has 28 heavy (non-hydrogen) atoms. The highest BCUT2D eigenvalue weighted by atomic mass is 16.5. The SMILES string of the molecule is CNc1nccc(-c2cc(NCC(=O)NCCO)c3cc(OC)ccc3c2)n1. The summed E-state index contributed by atoms with van der Waals surface area (Å²) in [4.78, 5) is 20.6. The lowest BCUT2D eigenvalue weighted by Gasteiger charge is -2.14. The molecule has 8 nitrogen and oxygen atoms in total. The number of carbonyl (C=O) groups excluding carboxylic acids is 1. The Morgan fingerprint density at radius 3 is 2.82 bits per heavy atom. The molecule has 0 saturated heterocycles. The standard InChI is InChI=1S/C20H23N5O3/c1-21-20-23-6-5-17(25-20)14-9-13-3-4-15(28-2)11-16(13)18(10-14)24-12-19(27)22-7-8-26/h3-6,9-11,24,26H,7-8,12H2,1-2H3,(H,22,27)(H,21,23,25). The number of hydrogen-bond donors (Lipinski definition) is 4. The average Bonchev–Trinajstić information content (AvgIpc) is 2.75. The fraction of sp³-hybridized carbons (Fsp3) is 0.250. The zero-order chi connectivity index (χ0) is 19.9. The number of benzene rings is 2. The first kappa shape index (κ1) is 19.4. The molecule has 1 heterocycles. The third-order valence-electron chi connectivity index (χ3n) is 4.21. The van der Waals surface area contributed by atoms with E-state index in [0.717, 1.165) is 33.5 Å². The van der Waals surface area contributed by atoms with Crippen molar-refractivity contribution in [1.82, 2.24) is 15.3 Å². The van der Waals surface area contributed by atoms with Gasteiger partial charge < -0.3 is 25.8 Å². The Bertz CT molecular complexity index is 977. The Morgan fingerprint density at radius 1 is 1.21 bits per heavy atom. The molecule has 146 valence electrons. The van der Waals surface area contributed by atoms with Gasteiger partial charge in [-0.1, -0.05) is 6.07 Å². The Labute approximate surface area is 163 Å². The van der Waals surface area contributed by atoms with Crippen LogP contribution in [0, 0.1) is 0 Å². The summed E-state index contributed by atoms with van der Waals surface area (Å²) >= 11 is 0. The maximum absolute atomic E-state index is 11.9. The van der Waals surface area contributed by atoms with Crippen LogP contribution in [0.4, 0.5) is 11.6 Å². The van der Waals surface area contributed by atoms with Gasteiger partial charge in [0.15, 0.2) is 0 Å². The third kappa shape index (κ3) is 4.47. The van der Waals surface area contributed by atoms with Crippen LogP contribution in [-0.4, -0.2) is 54.8 Å². The molecule has 0 unspecified atom stereocenters. The number of nitrogens with one attached hydrogen (secondary N) is 3. The molecule has 0 aliphatic rings. The quantitative estimate of drug-likeness (QED) is 0.472. The lowest BCUT2D eigenvalue weighted by atomic mass is 10.0. The van der Waals surface area contributed by atoms with Crippen molar-refractivity contribution < 1.29 is 14.6 Å². The second-order valence-electron chi connectivity index (χ2n) is 6.05. The van der Waals surface area contributed by atoms with Crippen molar-refractivity contribution in [2.45, 2.75) is 0 Å². The number of rotatable bonds is 8. The number of ether oxygens (including phenoxy) is 1. The van der Waals surface area contributed by atoms with Crippen LogP contribution in [0.25, 0.3) is 22.0 Å². The third-order valence-corrected chi connectivity index (χ3v) is 4.21. The monoisotopic (exact) mass is 381 g/mol. The van der Waals surface area contributed by atoms with Crippen molar-refractivity contribution in [3.05, 3.63) is 42.6 Å². The van der Waals surface area contributed by atoms with Crippen LogP contribution in [-0.2, 0) is 4.79 Å².